The lowest BCUT2D eigenvalue weighted by molar-refractivity contribution is 0.589. The van der Waals surface area contributed by atoms with Gasteiger partial charge in [-0.1, -0.05) is 54.1 Å². The molecular weight excluding hydrogens is 378 g/mol. The lowest BCUT2D eigenvalue weighted by Crippen LogP contribution is -2.14. The van der Waals surface area contributed by atoms with Gasteiger partial charge in [-0.3, -0.25) is 0 Å². The van der Waals surface area contributed by atoms with Crippen molar-refractivity contribution in [3.05, 3.63) is 89.0 Å². The smallest absolute Gasteiger partial charge is 0.233 e. The molecule has 146 valence electrons. The highest BCUT2D eigenvalue weighted by Crippen LogP contribution is 2.42. The van der Waals surface area contributed by atoms with E-state index in [2.05, 4.69) is 6.07 Å². The first-order chi connectivity index (χ1) is 14.0. The fraction of sp³-hybridized carbons (Fsp3) is 0.200. The van der Waals surface area contributed by atoms with E-state index >= 15 is 0 Å². The van der Waals surface area contributed by atoms with E-state index in [9.17, 15) is 8.42 Å². The van der Waals surface area contributed by atoms with Gasteiger partial charge in [-0.25, -0.2) is 12.4 Å². The minimum absolute atomic E-state index is 0.325. The van der Waals surface area contributed by atoms with Gasteiger partial charge in [0.05, 0.1) is 16.1 Å². The maximum atomic E-state index is 13.9. The first kappa shape index (κ1) is 18.2. The van der Waals surface area contributed by atoms with Gasteiger partial charge in [0.2, 0.25) is 0 Å². The number of nitrogens with zero attached hydrogens (tertiary/aromatic N) is 1. The molecule has 0 radical (unpaired) electrons. The summed E-state index contributed by atoms with van der Waals surface area (Å²) in [6, 6.07) is 21.3. The van der Waals surface area contributed by atoms with Crippen molar-refractivity contribution in [3.8, 4) is 11.3 Å². The van der Waals surface area contributed by atoms with Crippen LogP contribution in [0.5, 0.6) is 0 Å². The Morgan fingerprint density at radius 3 is 2.28 bits per heavy atom. The number of aryl methyl sites for hydroxylation is 4. The van der Waals surface area contributed by atoms with Crippen LogP contribution in [0.3, 0.4) is 0 Å². The summed E-state index contributed by atoms with van der Waals surface area (Å²) >= 11 is 0. The average molecular weight is 402 g/mol. The molecule has 0 unspecified atom stereocenters. The molecule has 0 atom stereocenters. The van der Waals surface area contributed by atoms with Gasteiger partial charge in [0.1, 0.15) is 0 Å². The topological polar surface area (TPSA) is 39.1 Å². The van der Waals surface area contributed by atoms with E-state index in [-0.39, 0.29) is 0 Å². The van der Waals surface area contributed by atoms with Crippen LogP contribution in [0.4, 0.5) is 0 Å². The van der Waals surface area contributed by atoms with Crippen molar-refractivity contribution < 1.29 is 8.42 Å². The number of benzene rings is 3. The van der Waals surface area contributed by atoms with Crippen LogP contribution < -0.4 is 0 Å². The van der Waals surface area contributed by atoms with Crippen LogP contribution in [0, 0.1) is 13.8 Å². The van der Waals surface area contributed by atoms with E-state index in [1.807, 2.05) is 62.4 Å². The van der Waals surface area contributed by atoms with Crippen molar-refractivity contribution in [3.63, 3.8) is 0 Å². The molecule has 0 saturated carbocycles. The largest absolute Gasteiger partial charge is 0.268 e. The van der Waals surface area contributed by atoms with Crippen molar-refractivity contribution in [2.45, 2.75) is 38.0 Å². The van der Waals surface area contributed by atoms with Crippen LogP contribution in [0.25, 0.3) is 22.2 Å². The summed E-state index contributed by atoms with van der Waals surface area (Å²) in [6.45, 7) is 4.01. The van der Waals surface area contributed by atoms with E-state index in [0.29, 0.717) is 4.90 Å². The Bertz CT molecular complexity index is 1330. The zero-order chi connectivity index (χ0) is 20.2. The minimum Gasteiger partial charge on any atom is -0.233 e. The van der Waals surface area contributed by atoms with Gasteiger partial charge in [-0.2, -0.15) is 0 Å². The van der Waals surface area contributed by atoms with Crippen molar-refractivity contribution in [2.75, 3.05) is 0 Å². The van der Waals surface area contributed by atoms with Crippen LogP contribution in [0.15, 0.2) is 71.6 Å². The summed E-state index contributed by atoms with van der Waals surface area (Å²) < 4.78 is 29.4. The van der Waals surface area contributed by atoms with Crippen molar-refractivity contribution in [2.24, 2.45) is 0 Å². The predicted molar refractivity (Wildman–Crippen MR) is 118 cm³/mol. The van der Waals surface area contributed by atoms with E-state index in [1.54, 1.807) is 16.1 Å². The van der Waals surface area contributed by atoms with Gasteiger partial charge >= 0.3 is 0 Å². The highest BCUT2D eigenvalue weighted by atomic mass is 32.2. The van der Waals surface area contributed by atoms with Gasteiger partial charge < -0.3 is 0 Å². The molecule has 1 heterocycles. The van der Waals surface area contributed by atoms with Crippen molar-refractivity contribution in [1.82, 2.24) is 3.97 Å². The highest BCUT2D eigenvalue weighted by molar-refractivity contribution is 7.90. The normalized spacial score (nSPS) is 13.7. The molecule has 1 aromatic heterocycles. The molecule has 3 nitrogen and oxygen atoms in total. The van der Waals surface area contributed by atoms with Crippen LogP contribution >= 0.6 is 0 Å². The SMILES string of the molecule is Cc1ccc(S(=O)(=O)n2c(-c3ccccc3)c3c4c(cc(C)cc42)CCC3)cc1. The molecule has 0 amide bonds. The monoisotopic (exact) mass is 401 g/mol. The summed E-state index contributed by atoms with van der Waals surface area (Å²) in [5, 5.41) is 1.12. The lowest BCUT2D eigenvalue weighted by Gasteiger charge is -2.14. The first-order valence-corrected chi connectivity index (χ1v) is 11.5. The molecule has 1 aliphatic carbocycles. The fourth-order valence-electron chi connectivity index (χ4n) is 4.56. The summed E-state index contributed by atoms with van der Waals surface area (Å²) in [5.41, 5.74) is 7.11. The molecule has 5 rings (SSSR count). The molecule has 0 spiro atoms. The maximum absolute atomic E-state index is 13.9. The Balaban J connectivity index is 1.93. The third-order valence-corrected chi connectivity index (χ3v) is 7.56. The Hall–Kier alpha value is -2.85. The first-order valence-electron chi connectivity index (χ1n) is 10.0. The molecule has 1 aliphatic rings. The van der Waals surface area contributed by atoms with Crippen LogP contribution in [-0.4, -0.2) is 12.4 Å². The minimum atomic E-state index is -3.74. The van der Waals surface area contributed by atoms with Crippen LogP contribution in [0.2, 0.25) is 0 Å². The second kappa shape index (κ2) is 6.60. The number of rotatable bonds is 3. The zero-order valence-corrected chi connectivity index (χ0v) is 17.5. The summed E-state index contributed by atoms with van der Waals surface area (Å²) in [4.78, 5) is 0.325. The summed E-state index contributed by atoms with van der Waals surface area (Å²) in [6.07, 6.45) is 2.93. The number of hydrogen-bond donors (Lipinski definition) is 0. The quantitative estimate of drug-likeness (QED) is 0.445. The molecule has 3 aromatic carbocycles. The average Bonchev–Trinajstić information content (AvgIpc) is 3.05. The summed E-state index contributed by atoms with van der Waals surface area (Å²) in [7, 11) is -3.74. The maximum Gasteiger partial charge on any atom is 0.268 e. The summed E-state index contributed by atoms with van der Waals surface area (Å²) in [5.74, 6) is 0. The molecule has 0 aliphatic heterocycles. The molecule has 0 N–H and O–H groups in total. The fourth-order valence-corrected chi connectivity index (χ4v) is 6.11. The second-order valence-corrected chi connectivity index (χ2v) is 9.73. The van der Waals surface area contributed by atoms with Gasteiger partial charge in [-0.05, 0) is 73.6 Å². The molecule has 29 heavy (non-hydrogen) atoms. The Labute approximate surface area is 171 Å². The molecule has 4 aromatic rings. The lowest BCUT2D eigenvalue weighted by atomic mass is 9.89. The zero-order valence-electron chi connectivity index (χ0n) is 16.6. The molecule has 0 saturated heterocycles. The molecule has 4 heteroatoms. The van der Waals surface area contributed by atoms with E-state index in [1.165, 1.54) is 5.56 Å². The number of aromatic nitrogens is 1. The third kappa shape index (κ3) is 2.82. The van der Waals surface area contributed by atoms with Gasteiger partial charge in [0, 0.05) is 5.39 Å². The van der Waals surface area contributed by atoms with Crippen LogP contribution in [-0.2, 0) is 22.9 Å². The van der Waals surface area contributed by atoms with Crippen molar-refractivity contribution >= 4 is 20.9 Å². The van der Waals surface area contributed by atoms with Gasteiger partial charge in [0.15, 0.2) is 0 Å². The van der Waals surface area contributed by atoms with E-state index in [0.717, 1.165) is 58.1 Å². The van der Waals surface area contributed by atoms with Gasteiger partial charge in [-0.15, -0.1) is 0 Å². The van der Waals surface area contributed by atoms with Crippen LogP contribution in [0.1, 0.15) is 28.7 Å². The van der Waals surface area contributed by atoms with Gasteiger partial charge in [0.25, 0.3) is 10.0 Å². The molecular formula is C25H23NO2S. The second-order valence-electron chi connectivity index (χ2n) is 7.95. The highest BCUT2D eigenvalue weighted by Gasteiger charge is 2.30. The molecule has 0 bridgehead atoms. The Morgan fingerprint density at radius 2 is 1.55 bits per heavy atom. The number of hydrogen-bond acceptors (Lipinski definition) is 2. The molecule has 0 fully saturated rings. The van der Waals surface area contributed by atoms with E-state index in [4.69, 9.17) is 0 Å². The Kier molecular flexibility index (Phi) is 4.14. The Morgan fingerprint density at radius 1 is 0.828 bits per heavy atom. The predicted octanol–water partition coefficient (Wildman–Crippen LogP) is 5.65. The standard InChI is InChI=1S/C25H23NO2S/c1-17-11-13-21(14-12-17)29(27,28)26-23-16-18(2)15-20-9-6-10-22(24(20)23)25(26)19-7-4-3-5-8-19/h3-5,7-8,11-16H,6,9-10H2,1-2H3. The van der Waals surface area contributed by atoms with Crippen molar-refractivity contribution in [1.29, 1.82) is 0 Å². The van der Waals surface area contributed by atoms with E-state index < -0.39 is 10.0 Å². The third-order valence-electron chi connectivity index (χ3n) is 5.83.